The zero-order valence-electron chi connectivity index (χ0n) is 17.4. The van der Waals surface area contributed by atoms with Crippen molar-refractivity contribution < 1.29 is 17.9 Å². The Hall–Kier alpha value is -3.17. The molecule has 162 valence electrons. The van der Waals surface area contributed by atoms with Gasteiger partial charge in [0.1, 0.15) is 28.5 Å². The predicted octanol–water partition coefficient (Wildman–Crippen LogP) is 2.67. The lowest BCUT2D eigenvalue weighted by Gasteiger charge is -2.34. The van der Waals surface area contributed by atoms with E-state index in [-0.39, 0.29) is 10.6 Å². The van der Waals surface area contributed by atoms with Crippen LogP contribution in [0.25, 0.3) is 11.3 Å². The van der Waals surface area contributed by atoms with Crippen molar-refractivity contribution in [3.63, 3.8) is 0 Å². The number of nitrogens with zero attached hydrogens (tertiary/aromatic N) is 4. The number of benzene rings is 2. The second-order valence-corrected chi connectivity index (χ2v) is 8.94. The minimum Gasteiger partial charge on any atom is -0.497 e. The smallest absolute Gasteiger partial charge is 0.246 e. The first-order valence-electron chi connectivity index (χ1n) is 9.87. The number of sulfonamides is 1. The maximum atomic E-state index is 13.2. The Bertz CT molecular complexity index is 1150. The Morgan fingerprint density at radius 3 is 2.29 bits per heavy atom. The summed E-state index contributed by atoms with van der Waals surface area (Å²) >= 11 is 0. The summed E-state index contributed by atoms with van der Waals surface area (Å²) < 4.78 is 38.4. The van der Waals surface area contributed by atoms with E-state index in [4.69, 9.17) is 9.47 Å². The Balaban J connectivity index is 1.50. The Kier molecular flexibility index (Phi) is 6.06. The number of ether oxygens (including phenoxy) is 2. The van der Waals surface area contributed by atoms with Gasteiger partial charge in [-0.3, -0.25) is 0 Å². The van der Waals surface area contributed by atoms with Gasteiger partial charge in [-0.2, -0.15) is 4.31 Å². The van der Waals surface area contributed by atoms with Crippen LogP contribution in [0.15, 0.2) is 65.8 Å². The third-order valence-electron chi connectivity index (χ3n) is 5.27. The molecule has 0 aliphatic carbocycles. The molecule has 1 aliphatic rings. The molecule has 1 aromatic heterocycles. The van der Waals surface area contributed by atoms with E-state index in [2.05, 4.69) is 14.9 Å². The fourth-order valence-corrected chi connectivity index (χ4v) is 5.13. The van der Waals surface area contributed by atoms with Crippen LogP contribution in [0.4, 0.5) is 5.82 Å². The number of hydrogen-bond acceptors (Lipinski definition) is 7. The van der Waals surface area contributed by atoms with Crippen molar-refractivity contribution in [3.05, 3.63) is 60.9 Å². The van der Waals surface area contributed by atoms with E-state index in [0.29, 0.717) is 31.9 Å². The molecule has 4 rings (SSSR count). The minimum atomic E-state index is -3.69. The number of hydrogen-bond donors (Lipinski definition) is 0. The zero-order chi connectivity index (χ0) is 21.8. The number of anilines is 1. The molecule has 1 fully saturated rings. The molecule has 0 radical (unpaired) electrons. The van der Waals surface area contributed by atoms with Gasteiger partial charge in [-0.1, -0.05) is 30.3 Å². The molecule has 0 amide bonds. The first kappa shape index (κ1) is 21.1. The van der Waals surface area contributed by atoms with Crippen LogP contribution in [0, 0.1) is 0 Å². The zero-order valence-corrected chi connectivity index (χ0v) is 18.2. The van der Waals surface area contributed by atoms with Gasteiger partial charge < -0.3 is 14.4 Å². The van der Waals surface area contributed by atoms with Crippen LogP contribution in [-0.2, 0) is 10.0 Å². The molecule has 2 heterocycles. The lowest BCUT2D eigenvalue weighted by atomic mass is 10.1. The summed E-state index contributed by atoms with van der Waals surface area (Å²) in [5.41, 5.74) is 1.85. The molecule has 31 heavy (non-hydrogen) atoms. The maximum absolute atomic E-state index is 13.2. The van der Waals surface area contributed by atoms with E-state index in [9.17, 15) is 8.42 Å². The molecule has 0 bridgehead atoms. The number of aromatic nitrogens is 2. The van der Waals surface area contributed by atoms with E-state index in [0.717, 1.165) is 17.1 Å². The largest absolute Gasteiger partial charge is 0.497 e. The van der Waals surface area contributed by atoms with Gasteiger partial charge in [0.15, 0.2) is 0 Å². The van der Waals surface area contributed by atoms with Gasteiger partial charge in [0.05, 0.1) is 19.9 Å². The third-order valence-corrected chi connectivity index (χ3v) is 7.21. The van der Waals surface area contributed by atoms with Gasteiger partial charge in [-0.05, 0) is 12.1 Å². The van der Waals surface area contributed by atoms with Crippen LogP contribution >= 0.6 is 0 Å². The SMILES string of the molecule is COc1ccc(S(=O)(=O)N2CCN(c3cc(-c4ccccc4)ncn3)CC2)c(OC)c1. The van der Waals surface area contributed by atoms with E-state index in [1.165, 1.54) is 24.6 Å². The van der Waals surface area contributed by atoms with Crippen molar-refractivity contribution >= 4 is 15.8 Å². The van der Waals surface area contributed by atoms with Crippen LogP contribution in [0.3, 0.4) is 0 Å². The van der Waals surface area contributed by atoms with Crippen molar-refractivity contribution in [2.75, 3.05) is 45.3 Å². The highest BCUT2D eigenvalue weighted by Gasteiger charge is 2.31. The number of methoxy groups -OCH3 is 2. The summed E-state index contributed by atoms with van der Waals surface area (Å²) in [5.74, 6) is 1.59. The molecule has 2 aromatic carbocycles. The highest BCUT2D eigenvalue weighted by molar-refractivity contribution is 7.89. The molecule has 0 atom stereocenters. The summed E-state index contributed by atoms with van der Waals surface area (Å²) in [6.07, 6.45) is 1.54. The van der Waals surface area contributed by atoms with Gasteiger partial charge in [0, 0.05) is 43.9 Å². The van der Waals surface area contributed by atoms with Crippen LogP contribution in [0.2, 0.25) is 0 Å². The number of piperazine rings is 1. The molecule has 1 saturated heterocycles. The lowest BCUT2D eigenvalue weighted by Crippen LogP contribution is -2.49. The molecular weight excluding hydrogens is 416 g/mol. The van der Waals surface area contributed by atoms with Crippen molar-refractivity contribution in [2.24, 2.45) is 0 Å². The summed E-state index contributed by atoms with van der Waals surface area (Å²) in [7, 11) is -0.717. The van der Waals surface area contributed by atoms with E-state index in [1.807, 2.05) is 36.4 Å². The van der Waals surface area contributed by atoms with E-state index in [1.54, 1.807) is 18.5 Å². The molecule has 0 N–H and O–H groups in total. The van der Waals surface area contributed by atoms with Crippen molar-refractivity contribution in [3.8, 4) is 22.8 Å². The van der Waals surface area contributed by atoms with Crippen LogP contribution in [0.5, 0.6) is 11.5 Å². The summed E-state index contributed by atoms with van der Waals surface area (Å²) in [5, 5.41) is 0. The van der Waals surface area contributed by atoms with Crippen LogP contribution < -0.4 is 14.4 Å². The van der Waals surface area contributed by atoms with Gasteiger partial charge in [-0.25, -0.2) is 18.4 Å². The highest BCUT2D eigenvalue weighted by Crippen LogP contribution is 2.31. The molecule has 9 heteroatoms. The third kappa shape index (κ3) is 4.33. The lowest BCUT2D eigenvalue weighted by molar-refractivity contribution is 0.369. The van der Waals surface area contributed by atoms with Gasteiger partial charge >= 0.3 is 0 Å². The number of rotatable bonds is 6. The van der Waals surface area contributed by atoms with E-state index >= 15 is 0 Å². The van der Waals surface area contributed by atoms with Crippen molar-refractivity contribution in [2.45, 2.75) is 4.90 Å². The predicted molar refractivity (Wildman–Crippen MR) is 118 cm³/mol. The normalized spacial score (nSPS) is 15.0. The standard InChI is InChI=1S/C22H24N4O4S/c1-29-18-8-9-21(20(14-18)30-2)31(27,28)26-12-10-25(11-13-26)22-15-19(23-16-24-22)17-6-4-3-5-7-17/h3-9,14-16H,10-13H2,1-2H3. The van der Waals surface area contributed by atoms with Crippen molar-refractivity contribution in [1.82, 2.24) is 14.3 Å². The molecule has 0 unspecified atom stereocenters. The fraction of sp³-hybridized carbons (Fsp3) is 0.273. The molecule has 0 spiro atoms. The minimum absolute atomic E-state index is 0.137. The molecule has 3 aromatic rings. The van der Waals surface area contributed by atoms with Gasteiger partial charge in [-0.15, -0.1) is 0 Å². The summed E-state index contributed by atoms with van der Waals surface area (Å²) in [4.78, 5) is 11.0. The average molecular weight is 441 g/mol. The fourth-order valence-electron chi connectivity index (χ4n) is 3.57. The van der Waals surface area contributed by atoms with Crippen LogP contribution in [-0.4, -0.2) is 63.1 Å². The summed E-state index contributed by atoms with van der Waals surface area (Å²) in [6.45, 7) is 1.76. The topological polar surface area (TPSA) is 84.9 Å². The summed E-state index contributed by atoms with van der Waals surface area (Å²) in [6, 6.07) is 16.6. The molecule has 8 nitrogen and oxygen atoms in total. The average Bonchev–Trinajstić information content (AvgIpc) is 2.84. The van der Waals surface area contributed by atoms with Crippen molar-refractivity contribution in [1.29, 1.82) is 0 Å². The Morgan fingerprint density at radius 2 is 1.61 bits per heavy atom. The Morgan fingerprint density at radius 1 is 0.871 bits per heavy atom. The quantitative estimate of drug-likeness (QED) is 0.583. The highest BCUT2D eigenvalue weighted by atomic mass is 32.2. The monoisotopic (exact) mass is 440 g/mol. The molecule has 0 saturated carbocycles. The molecular formula is C22H24N4O4S. The Labute approximate surface area is 182 Å². The molecule has 1 aliphatic heterocycles. The van der Waals surface area contributed by atoms with Gasteiger partial charge in [0.25, 0.3) is 0 Å². The first-order chi connectivity index (χ1) is 15.0. The van der Waals surface area contributed by atoms with Gasteiger partial charge in [0.2, 0.25) is 10.0 Å². The van der Waals surface area contributed by atoms with E-state index < -0.39 is 10.0 Å². The van der Waals surface area contributed by atoms with Crippen LogP contribution in [0.1, 0.15) is 0 Å². The first-order valence-corrected chi connectivity index (χ1v) is 11.3. The maximum Gasteiger partial charge on any atom is 0.246 e. The second-order valence-electron chi connectivity index (χ2n) is 7.04. The second kappa shape index (κ2) is 8.91.